The smallest absolute Gasteiger partial charge is 0.239 e. The van der Waals surface area contributed by atoms with Gasteiger partial charge in [0.1, 0.15) is 17.3 Å². The molecule has 0 amide bonds. The van der Waals surface area contributed by atoms with Gasteiger partial charge in [-0.3, -0.25) is 3.07 Å². The molecule has 1 rings (SSSR count). The molecular weight excluding hydrogens is 401 g/mol. The summed E-state index contributed by atoms with van der Waals surface area (Å²) in [7, 11) is -2.33. The Balaban J connectivity index is 2.62. The van der Waals surface area contributed by atoms with Gasteiger partial charge in [-0.2, -0.15) is 0 Å². The Bertz CT molecular complexity index is 548. The largest absolute Gasteiger partial charge is 0.491 e. The SMILES string of the molecule is COCCOCCOc1ccc(I=O)c(S(N)(=O)=O)c1. The van der Waals surface area contributed by atoms with Crippen LogP contribution < -0.4 is 9.88 Å². The summed E-state index contributed by atoms with van der Waals surface area (Å²) in [6.45, 7) is 1.57. The number of halogens is 1. The molecule has 0 heterocycles. The Hall–Kier alpha value is -0.620. The van der Waals surface area contributed by atoms with E-state index >= 15 is 0 Å². The topological polar surface area (TPSA) is 105 Å². The molecule has 20 heavy (non-hydrogen) atoms. The van der Waals surface area contributed by atoms with Gasteiger partial charge < -0.3 is 14.2 Å². The van der Waals surface area contributed by atoms with Crippen molar-refractivity contribution >= 4 is 31.2 Å². The van der Waals surface area contributed by atoms with Crippen LogP contribution in [0.25, 0.3) is 0 Å². The maximum Gasteiger partial charge on any atom is 0.239 e. The Labute approximate surface area is 128 Å². The van der Waals surface area contributed by atoms with Crippen molar-refractivity contribution in [3.63, 3.8) is 0 Å². The van der Waals surface area contributed by atoms with E-state index in [2.05, 4.69) is 0 Å². The number of sulfonamides is 1. The molecule has 0 spiro atoms. The number of primary sulfonamides is 1. The zero-order valence-corrected chi connectivity index (χ0v) is 13.8. The Morgan fingerprint density at radius 2 is 1.90 bits per heavy atom. The van der Waals surface area contributed by atoms with Gasteiger partial charge in [-0.25, -0.2) is 13.6 Å². The fourth-order valence-electron chi connectivity index (χ4n) is 1.32. The molecule has 7 nitrogen and oxygen atoms in total. The number of rotatable bonds is 9. The average molecular weight is 417 g/mol. The van der Waals surface area contributed by atoms with Crippen LogP contribution in [0.2, 0.25) is 0 Å². The first-order valence-electron chi connectivity index (χ1n) is 5.62. The summed E-state index contributed by atoms with van der Waals surface area (Å²) in [6, 6.07) is 4.27. The van der Waals surface area contributed by atoms with Gasteiger partial charge in [-0.1, -0.05) is 0 Å². The van der Waals surface area contributed by atoms with Gasteiger partial charge in [0.25, 0.3) is 0 Å². The maximum absolute atomic E-state index is 11.4. The van der Waals surface area contributed by atoms with E-state index in [0.29, 0.717) is 25.6 Å². The second kappa shape index (κ2) is 8.62. The molecule has 0 aliphatic heterocycles. The van der Waals surface area contributed by atoms with Crippen molar-refractivity contribution in [2.24, 2.45) is 5.14 Å². The van der Waals surface area contributed by atoms with Gasteiger partial charge in [0.15, 0.2) is 21.2 Å². The number of hydrogen-bond acceptors (Lipinski definition) is 6. The summed E-state index contributed by atoms with van der Waals surface area (Å²) in [5, 5.41) is 5.07. The van der Waals surface area contributed by atoms with Crippen molar-refractivity contribution in [1.29, 1.82) is 0 Å². The summed E-state index contributed by atoms with van der Waals surface area (Å²) in [4.78, 5) is -0.155. The number of ether oxygens (including phenoxy) is 3. The van der Waals surface area contributed by atoms with Crippen molar-refractivity contribution < 1.29 is 25.7 Å². The highest BCUT2D eigenvalue weighted by molar-refractivity contribution is 14.1. The molecule has 1 aromatic rings. The molecule has 0 aliphatic carbocycles. The molecule has 2 N–H and O–H groups in total. The molecule has 0 unspecified atom stereocenters. The van der Waals surface area contributed by atoms with Crippen molar-refractivity contribution in [1.82, 2.24) is 0 Å². The maximum atomic E-state index is 11.4. The highest BCUT2D eigenvalue weighted by Gasteiger charge is 2.15. The summed E-state index contributed by atoms with van der Waals surface area (Å²) in [6.07, 6.45) is 0. The van der Waals surface area contributed by atoms with Gasteiger partial charge in [0.05, 0.1) is 23.4 Å². The van der Waals surface area contributed by atoms with Crippen LogP contribution in [0, 0.1) is 3.57 Å². The van der Waals surface area contributed by atoms with E-state index in [-0.39, 0.29) is 15.1 Å². The van der Waals surface area contributed by atoms with Crippen LogP contribution in [0.5, 0.6) is 5.75 Å². The number of benzene rings is 1. The van der Waals surface area contributed by atoms with E-state index in [0.717, 1.165) is 0 Å². The second-order valence-corrected chi connectivity index (χ2v) is 6.80. The van der Waals surface area contributed by atoms with Crippen LogP contribution in [0.3, 0.4) is 0 Å². The minimum atomic E-state index is -3.91. The Morgan fingerprint density at radius 1 is 1.20 bits per heavy atom. The summed E-state index contributed by atoms with van der Waals surface area (Å²) < 4.78 is 49.3. The first-order valence-corrected chi connectivity index (χ1v) is 9.13. The third-order valence-corrected chi connectivity index (χ3v) is 4.95. The van der Waals surface area contributed by atoms with Crippen LogP contribution in [0.4, 0.5) is 0 Å². The minimum absolute atomic E-state index is 0.155. The molecule has 0 saturated carbocycles. The van der Waals surface area contributed by atoms with Gasteiger partial charge in [0, 0.05) is 13.2 Å². The van der Waals surface area contributed by atoms with E-state index < -0.39 is 31.2 Å². The first kappa shape index (κ1) is 17.4. The van der Waals surface area contributed by atoms with Gasteiger partial charge in [0.2, 0.25) is 10.0 Å². The molecule has 0 aromatic heterocycles. The van der Waals surface area contributed by atoms with Gasteiger partial charge in [-0.15, -0.1) is 0 Å². The first-order chi connectivity index (χ1) is 9.49. The van der Waals surface area contributed by atoms with E-state index in [9.17, 15) is 11.5 Å². The lowest BCUT2D eigenvalue weighted by molar-refractivity contribution is 0.0544. The summed E-state index contributed by atoms with van der Waals surface area (Å²) in [5.74, 6) is 0.338. The molecule has 0 aliphatic rings. The fourth-order valence-corrected chi connectivity index (χ4v) is 3.77. The summed E-state index contributed by atoms with van der Waals surface area (Å²) >= 11 is -1.62. The highest BCUT2D eigenvalue weighted by Crippen LogP contribution is 2.24. The van der Waals surface area contributed by atoms with E-state index in [1.807, 2.05) is 0 Å². The predicted octanol–water partition coefficient (Wildman–Crippen LogP) is 0.862. The lowest BCUT2D eigenvalue weighted by Gasteiger charge is -2.09. The summed E-state index contributed by atoms with van der Waals surface area (Å²) in [5.41, 5.74) is 0. The zero-order chi connectivity index (χ0) is 15.0. The lowest BCUT2D eigenvalue weighted by Crippen LogP contribution is -2.14. The monoisotopic (exact) mass is 417 g/mol. The van der Waals surface area contributed by atoms with Crippen molar-refractivity contribution in [3.8, 4) is 5.75 Å². The zero-order valence-electron chi connectivity index (χ0n) is 10.9. The Morgan fingerprint density at radius 3 is 2.50 bits per heavy atom. The second-order valence-electron chi connectivity index (χ2n) is 3.67. The van der Waals surface area contributed by atoms with Crippen molar-refractivity contribution in [3.05, 3.63) is 21.8 Å². The Kier molecular flexibility index (Phi) is 7.51. The van der Waals surface area contributed by atoms with Crippen LogP contribution in [-0.2, 0) is 22.6 Å². The molecule has 0 radical (unpaired) electrons. The van der Waals surface area contributed by atoms with Crippen LogP contribution in [0.1, 0.15) is 0 Å². The normalized spacial score (nSPS) is 11.5. The van der Waals surface area contributed by atoms with Gasteiger partial charge in [-0.05, 0) is 12.1 Å². The molecule has 1 aromatic carbocycles. The molecule has 0 saturated heterocycles. The lowest BCUT2D eigenvalue weighted by atomic mass is 10.3. The molecule has 0 fully saturated rings. The van der Waals surface area contributed by atoms with Crippen molar-refractivity contribution in [2.75, 3.05) is 33.5 Å². The number of methoxy groups -OCH3 is 1. The van der Waals surface area contributed by atoms with E-state index in [4.69, 9.17) is 19.3 Å². The standard InChI is InChI=1S/C11H16INO6S/c1-17-4-5-18-6-7-19-9-2-3-10(12-14)11(8-9)20(13,15)16/h2-3,8H,4-7H2,1H3,(H2,13,15,16). The minimum Gasteiger partial charge on any atom is -0.491 e. The molecule has 114 valence electrons. The van der Waals surface area contributed by atoms with Crippen LogP contribution in [-0.4, -0.2) is 42.0 Å². The quantitative estimate of drug-likeness (QED) is 0.472. The van der Waals surface area contributed by atoms with Crippen LogP contribution >= 0.6 is 21.2 Å². The van der Waals surface area contributed by atoms with Gasteiger partial charge >= 0.3 is 0 Å². The molecule has 9 heteroatoms. The third kappa shape index (κ3) is 5.79. The van der Waals surface area contributed by atoms with Crippen molar-refractivity contribution in [2.45, 2.75) is 4.90 Å². The number of nitrogens with two attached hydrogens (primary N) is 1. The molecular formula is C11H16INO6S. The predicted molar refractivity (Wildman–Crippen MR) is 79.4 cm³/mol. The number of hydrogen-bond donors (Lipinski definition) is 1. The van der Waals surface area contributed by atoms with Crippen LogP contribution in [0.15, 0.2) is 23.1 Å². The average Bonchev–Trinajstić information content (AvgIpc) is 2.41. The van der Waals surface area contributed by atoms with E-state index in [1.54, 1.807) is 13.2 Å². The third-order valence-electron chi connectivity index (χ3n) is 2.22. The molecule has 0 bridgehead atoms. The molecule has 0 atom stereocenters. The van der Waals surface area contributed by atoms with E-state index in [1.165, 1.54) is 12.1 Å². The fraction of sp³-hybridized carbons (Fsp3) is 0.455. The highest BCUT2D eigenvalue weighted by atomic mass is 127.